The smallest absolute Gasteiger partial charge is 0.245 e. The van der Waals surface area contributed by atoms with Crippen LogP contribution in [0.25, 0.3) is 11.3 Å². The lowest BCUT2D eigenvalue weighted by Gasteiger charge is -2.09. The lowest BCUT2D eigenvalue weighted by molar-refractivity contribution is -0.118. The molecule has 9 heteroatoms. The van der Waals surface area contributed by atoms with Crippen LogP contribution in [0, 0.1) is 0 Å². The number of anilines is 1. The Morgan fingerprint density at radius 3 is 2.71 bits per heavy atom. The van der Waals surface area contributed by atoms with Crippen LogP contribution in [0.1, 0.15) is 0 Å². The van der Waals surface area contributed by atoms with Crippen LogP contribution < -0.4 is 20.5 Å². The molecule has 3 N–H and O–H groups in total. The Labute approximate surface area is 150 Å². The zero-order chi connectivity index (χ0) is 16.8. The molecular weight excluding hydrogens is 354 g/mol. The highest BCUT2D eigenvalue weighted by atomic mass is 35.5. The van der Waals surface area contributed by atoms with Gasteiger partial charge in [0.05, 0.1) is 26.5 Å². The van der Waals surface area contributed by atoms with E-state index < -0.39 is 6.04 Å². The van der Waals surface area contributed by atoms with Gasteiger partial charge in [-0.3, -0.25) is 4.79 Å². The third-order valence-corrected chi connectivity index (χ3v) is 3.86. The first kappa shape index (κ1) is 20.2. The van der Waals surface area contributed by atoms with Crippen molar-refractivity contribution in [3.05, 3.63) is 23.6 Å². The lowest BCUT2D eigenvalue weighted by Crippen LogP contribution is -2.39. The summed E-state index contributed by atoms with van der Waals surface area (Å²) in [7, 11) is 4.67. The molecule has 0 aliphatic heterocycles. The van der Waals surface area contributed by atoms with E-state index in [0.717, 1.165) is 5.56 Å². The number of methoxy groups -OCH3 is 3. The second kappa shape index (κ2) is 9.43. The summed E-state index contributed by atoms with van der Waals surface area (Å²) in [6.45, 7) is 0.147. The van der Waals surface area contributed by atoms with Gasteiger partial charge in [-0.05, 0) is 18.2 Å². The van der Waals surface area contributed by atoms with Gasteiger partial charge in [-0.15, -0.1) is 23.7 Å². The van der Waals surface area contributed by atoms with E-state index in [9.17, 15) is 4.79 Å². The Balaban J connectivity index is 0.00000288. The molecule has 0 saturated heterocycles. The topological polar surface area (TPSA) is 95.7 Å². The molecule has 0 bridgehead atoms. The summed E-state index contributed by atoms with van der Waals surface area (Å²) in [6, 6.07) is 4.70. The van der Waals surface area contributed by atoms with E-state index in [4.69, 9.17) is 19.9 Å². The quantitative estimate of drug-likeness (QED) is 0.772. The van der Waals surface area contributed by atoms with E-state index in [1.54, 1.807) is 26.4 Å². The zero-order valence-corrected chi connectivity index (χ0v) is 15.2. The van der Waals surface area contributed by atoms with Crippen molar-refractivity contribution in [1.82, 2.24) is 4.98 Å². The largest absolute Gasteiger partial charge is 0.497 e. The van der Waals surface area contributed by atoms with E-state index in [2.05, 4.69) is 10.3 Å². The number of nitrogens with one attached hydrogen (secondary N) is 1. The van der Waals surface area contributed by atoms with Crippen LogP contribution in [0.5, 0.6) is 11.5 Å². The molecule has 0 aliphatic carbocycles. The Hall–Kier alpha value is -1.87. The molecule has 1 aromatic heterocycles. The monoisotopic (exact) mass is 373 g/mol. The summed E-state index contributed by atoms with van der Waals surface area (Å²) < 4.78 is 15.4. The summed E-state index contributed by atoms with van der Waals surface area (Å²) >= 11 is 1.31. The van der Waals surface area contributed by atoms with E-state index in [1.807, 2.05) is 11.4 Å². The second-order valence-electron chi connectivity index (χ2n) is 4.66. The first-order chi connectivity index (χ1) is 11.1. The molecule has 0 saturated carbocycles. The van der Waals surface area contributed by atoms with Crippen molar-refractivity contribution in [3.63, 3.8) is 0 Å². The van der Waals surface area contributed by atoms with Gasteiger partial charge in [-0.2, -0.15) is 0 Å². The molecule has 132 valence electrons. The number of nitrogens with zero attached hydrogens (tertiary/aromatic N) is 1. The number of nitrogens with two attached hydrogens (primary N) is 1. The second-order valence-corrected chi connectivity index (χ2v) is 5.51. The molecule has 0 aliphatic rings. The fourth-order valence-corrected chi connectivity index (χ4v) is 2.64. The van der Waals surface area contributed by atoms with Gasteiger partial charge < -0.3 is 25.3 Å². The molecule has 1 aromatic carbocycles. The molecule has 1 heterocycles. The number of thiazole rings is 1. The van der Waals surface area contributed by atoms with Crippen molar-refractivity contribution in [1.29, 1.82) is 0 Å². The number of hydrogen-bond donors (Lipinski definition) is 2. The molecule has 24 heavy (non-hydrogen) atoms. The number of ether oxygens (including phenoxy) is 3. The van der Waals surface area contributed by atoms with E-state index in [1.165, 1.54) is 18.4 Å². The van der Waals surface area contributed by atoms with Crippen LogP contribution in [-0.2, 0) is 9.53 Å². The number of hydrogen-bond acceptors (Lipinski definition) is 7. The standard InChI is InChI=1S/C15H19N3O4S.ClH/c1-20-7-11(16)14(19)18-15-17-12(8-23-15)10-6-9(21-2)4-5-13(10)22-3;/h4-6,8,11H,7,16H2,1-3H3,(H,17,18,19);1H. The van der Waals surface area contributed by atoms with Gasteiger partial charge >= 0.3 is 0 Å². The lowest BCUT2D eigenvalue weighted by atomic mass is 10.1. The number of carbonyl (C=O) groups excluding carboxylic acids is 1. The fraction of sp³-hybridized carbons (Fsp3) is 0.333. The van der Waals surface area contributed by atoms with Crippen LogP contribution in [0.2, 0.25) is 0 Å². The minimum absolute atomic E-state index is 0. The van der Waals surface area contributed by atoms with Crippen molar-refractivity contribution in [2.45, 2.75) is 6.04 Å². The third-order valence-electron chi connectivity index (χ3n) is 3.10. The van der Waals surface area contributed by atoms with Gasteiger partial charge in [-0.25, -0.2) is 4.98 Å². The highest BCUT2D eigenvalue weighted by Crippen LogP contribution is 2.34. The highest BCUT2D eigenvalue weighted by molar-refractivity contribution is 7.14. The molecular formula is C15H20ClN3O4S. The van der Waals surface area contributed by atoms with Crippen LogP contribution >= 0.6 is 23.7 Å². The summed E-state index contributed by atoms with van der Waals surface area (Å²) in [4.78, 5) is 16.3. The van der Waals surface area contributed by atoms with E-state index >= 15 is 0 Å². The zero-order valence-electron chi connectivity index (χ0n) is 13.6. The summed E-state index contributed by atoms with van der Waals surface area (Å²) in [6.07, 6.45) is 0. The molecule has 7 nitrogen and oxygen atoms in total. The average molecular weight is 374 g/mol. The van der Waals surface area contributed by atoms with Crippen molar-refractivity contribution in [2.75, 3.05) is 33.3 Å². The molecule has 0 spiro atoms. The van der Waals surface area contributed by atoms with Gasteiger partial charge in [0, 0.05) is 18.1 Å². The molecule has 2 rings (SSSR count). The molecule has 0 radical (unpaired) electrons. The number of aromatic nitrogens is 1. The van der Waals surface area contributed by atoms with Gasteiger partial charge in [0.15, 0.2) is 5.13 Å². The maximum atomic E-state index is 11.9. The maximum Gasteiger partial charge on any atom is 0.245 e. The number of halogens is 1. The summed E-state index contributed by atoms with van der Waals surface area (Å²) in [5.74, 6) is 1.02. The van der Waals surface area contributed by atoms with E-state index in [0.29, 0.717) is 22.3 Å². The van der Waals surface area contributed by atoms with Gasteiger partial charge in [0.25, 0.3) is 0 Å². The Morgan fingerprint density at radius 1 is 1.33 bits per heavy atom. The van der Waals surface area contributed by atoms with Crippen molar-refractivity contribution >= 4 is 34.8 Å². The van der Waals surface area contributed by atoms with Crippen LogP contribution in [-0.4, -0.2) is 44.9 Å². The number of benzene rings is 1. The predicted molar refractivity (Wildman–Crippen MR) is 96.4 cm³/mol. The number of rotatable bonds is 7. The Kier molecular flexibility index (Phi) is 7.93. The normalized spacial score (nSPS) is 11.3. The Bertz CT molecular complexity index is 680. The van der Waals surface area contributed by atoms with E-state index in [-0.39, 0.29) is 24.9 Å². The Morgan fingerprint density at radius 2 is 2.08 bits per heavy atom. The first-order valence-electron chi connectivity index (χ1n) is 6.82. The molecule has 0 fully saturated rings. The maximum absolute atomic E-state index is 11.9. The third kappa shape index (κ3) is 4.81. The van der Waals surface area contributed by atoms with Crippen molar-refractivity contribution < 1.29 is 19.0 Å². The van der Waals surface area contributed by atoms with Crippen LogP contribution in [0.15, 0.2) is 23.6 Å². The highest BCUT2D eigenvalue weighted by Gasteiger charge is 2.16. The van der Waals surface area contributed by atoms with Crippen LogP contribution in [0.3, 0.4) is 0 Å². The molecule has 1 amide bonds. The SMILES string of the molecule is COCC(N)C(=O)Nc1nc(-c2cc(OC)ccc2OC)cs1.Cl. The van der Waals surface area contributed by atoms with Gasteiger partial charge in [0.1, 0.15) is 17.5 Å². The molecule has 2 aromatic rings. The minimum Gasteiger partial charge on any atom is -0.497 e. The molecule has 1 atom stereocenters. The number of amides is 1. The average Bonchev–Trinajstić information content (AvgIpc) is 3.02. The van der Waals surface area contributed by atoms with Gasteiger partial charge in [-0.1, -0.05) is 0 Å². The first-order valence-corrected chi connectivity index (χ1v) is 7.70. The molecule has 1 unspecified atom stereocenters. The minimum atomic E-state index is -0.737. The van der Waals surface area contributed by atoms with Gasteiger partial charge in [0.2, 0.25) is 5.91 Å². The van der Waals surface area contributed by atoms with Crippen molar-refractivity contribution in [2.24, 2.45) is 5.73 Å². The predicted octanol–water partition coefficient (Wildman–Crippen LogP) is 2.16. The summed E-state index contributed by atoms with van der Waals surface area (Å²) in [5, 5.41) is 4.96. The summed E-state index contributed by atoms with van der Waals surface area (Å²) in [5.41, 5.74) is 7.14. The fourth-order valence-electron chi connectivity index (χ4n) is 1.92. The van der Waals surface area contributed by atoms with Crippen molar-refractivity contribution in [3.8, 4) is 22.8 Å². The number of carbonyl (C=O) groups is 1. The van der Waals surface area contributed by atoms with Crippen LogP contribution in [0.4, 0.5) is 5.13 Å².